The van der Waals surface area contributed by atoms with Gasteiger partial charge >= 0.3 is 11.9 Å². The van der Waals surface area contributed by atoms with Gasteiger partial charge in [-0.05, 0) is 82.2 Å². The summed E-state index contributed by atoms with van der Waals surface area (Å²) >= 11 is 0. The van der Waals surface area contributed by atoms with Gasteiger partial charge in [-0.1, -0.05) is 61.4 Å². The molecule has 10 nitrogen and oxygen atoms in total. The quantitative estimate of drug-likeness (QED) is 0.319. The highest BCUT2D eigenvalue weighted by atomic mass is 16.6. The minimum absolute atomic E-state index is 0.0981. The molecule has 266 valence electrons. The maximum Gasteiger partial charge on any atom is 0.330 e. The molecule has 4 aliphatic rings. The molecule has 2 aromatic rings. The van der Waals surface area contributed by atoms with Gasteiger partial charge in [0.25, 0.3) is 5.91 Å². The minimum atomic E-state index is -1.43. The number of aryl methyl sites for hydroxylation is 1. The minimum Gasteiger partial charge on any atom is -0.479 e. The van der Waals surface area contributed by atoms with Crippen molar-refractivity contribution in [1.29, 1.82) is 0 Å². The van der Waals surface area contributed by atoms with Crippen LogP contribution < -0.4 is 5.32 Å². The van der Waals surface area contributed by atoms with Gasteiger partial charge in [0.1, 0.15) is 17.2 Å². The molecule has 3 aliphatic heterocycles. The predicted octanol–water partition coefficient (Wildman–Crippen LogP) is 5.39. The smallest absolute Gasteiger partial charge is 0.330 e. The third-order valence-electron chi connectivity index (χ3n) is 10.8. The fourth-order valence-corrected chi connectivity index (χ4v) is 8.15. The van der Waals surface area contributed by atoms with E-state index in [4.69, 9.17) is 4.74 Å². The SMILES string of the molecule is Cc1ccccc1-c1cccc(C(=O)N2C[C@H]3CN4C(=O)[C@H](CC(=O)OC(C)(C)C)CCCCC/C=C\[C@@H]5C[C@@]5(C(=O)O)NC(=O)[C@@H]4[C@H]3C2)c1. The van der Waals surface area contributed by atoms with E-state index in [9.17, 15) is 29.1 Å². The second-order valence-corrected chi connectivity index (χ2v) is 15.6. The van der Waals surface area contributed by atoms with Gasteiger partial charge in [-0.25, -0.2) is 4.79 Å². The number of nitrogens with one attached hydrogen (secondary N) is 1. The number of likely N-dealkylation sites (tertiary alicyclic amines) is 1. The van der Waals surface area contributed by atoms with Crippen LogP contribution in [0, 0.1) is 30.6 Å². The topological polar surface area (TPSA) is 133 Å². The maximum absolute atomic E-state index is 14.4. The number of esters is 1. The van der Waals surface area contributed by atoms with Gasteiger partial charge in [0, 0.05) is 48.9 Å². The summed E-state index contributed by atoms with van der Waals surface area (Å²) in [6.07, 6.45) is 7.76. The fraction of sp³-hybridized carbons (Fsp3) is 0.525. The Balaban J connectivity index is 1.28. The molecule has 2 aromatic carbocycles. The van der Waals surface area contributed by atoms with E-state index in [1.54, 1.807) is 36.6 Å². The number of amides is 3. The Morgan fingerprint density at radius 2 is 1.78 bits per heavy atom. The summed E-state index contributed by atoms with van der Waals surface area (Å²) in [5.41, 5.74) is 1.49. The van der Waals surface area contributed by atoms with Crippen LogP contribution in [0.15, 0.2) is 60.7 Å². The lowest BCUT2D eigenvalue weighted by Crippen LogP contribution is -2.56. The Bertz CT molecular complexity index is 1700. The molecule has 3 heterocycles. The van der Waals surface area contributed by atoms with E-state index in [0.717, 1.165) is 42.4 Å². The van der Waals surface area contributed by atoms with E-state index < -0.39 is 40.9 Å². The number of carboxylic acids is 1. The highest BCUT2D eigenvalue weighted by Crippen LogP contribution is 2.46. The van der Waals surface area contributed by atoms with Crippen molar-refractivity contribution in [2.75, 3.05) is 19.6 Å². The number of fused-ring (bicyclic) bond motifs is 4. The van der Waals surface area contributed by atoms with Crippen molar-refractivity contribution in [1.82, 2.24) is 15.1 Å². The van der Waals surface area contributed by atoms with E-state index in [1.165, 1.54) is 0 Å². The van der Waals surface area contributed by atoms with Crippen LogP contribution in [0.2, 0.25) is 0 Å². The summed E-state index contributed by atoms with van der Waals surface area (Å²) in [4.78, 5) is 71.5. The molecular formula is C40H49N3O7. The molecule has 0 spiro atoms. The number of rotatable bonds is 5. The van der Waals surface area contributed by atoms with Crippen molar-refractivity contribution in [2.24, 2.45) is 23.7 Å². The third kappa shape index (κ3) is 7.35. The first-order valence-electron chi connectivity index (χ1n) is 18.0. The number of benzene rings is 2. The van der Waals surface area contributed by atoms with E-state index >= 15 is 0 Å². The van der Waals surface area contributed by atoms with Gasteiger partial charge in [0.05, 0.1) is 6.42 Å². The van der Waals surface area contributed by atoms with Crippen LogP contribution in [0.5, 0.6) is 0 Å². The van der Waals surface area contributed by atoms with Crippen molar-refractivity contribution in [3.8, 4) is 11.1 Å². The maximum atomic E-state index is 14.4. The molecule has 2 N–H and O–H groups in total. The number of carbonyl (C=O) groups excluding carboxylic acids is 4. The molecular weight excluding hydrogens is 634 g/mol. The van der Waals surface area contributed by atoms with Crippen molar-refractivity contribution in [3.63, 3.8) is 0 Å². The Kier molecular flexibility index (Phi) is 9.93. The number of nitrogens with zero attached hydrogens (tertiary/aromatic N) is 2. The van der Waals surface area contributed by atoms with E-state index in [-0.39, 0.29) is 55.5 Å². The Morgan fingerprint density at radius 3 is 2.52 bits per heavy atom. The zero-order valence-corrected chi connectivity index (χ0v) is 29.5. The normalized spacial score (nSPS) is 29.1. The number of carboxylic acid groups (broad SMARTS) is 1. The van der Waals surface area contributed by atoms with Crippen molar-refractivity contribution < 1.29 is 33.8 Å². The van der Waals surface area contributed by atoms with Gasteiger partial charge in [0.2, 0.25) is 11.8 Å². The van der Waals surface area contributed by atoms with Crippen LogP contribution in [0.4, 0.5) is 0 Å². The summed E-state index contributed by atoms with van der Waals surface area (Å²) in [6.45, 7) is 8.24. The number of hydrogen-bond donors (Lipinski definition) is 2. The Labute approximate surface area is 294 Å². The molecule has 50 heavy (non-hydrogen) atoms. The molecule has 0 bridgehead atoms. The molecule has 3 amide bonds. The molecule has 2 saturated heterocycles. The first kappa shape index (κ1) is 35.4. The van der Waals surface area contributed by atoms with Gasteiger partial charge in [-0.15, -0.1) is 0 Å². The van der Waals surface area contributed by atoms with Crippen LogP contribution in [0.3, 0.4) is 0 Å². The highest BCUT2D eigenvalue weighted by molar-refractivity contribution is 5.98. The van der Waals surface area contributed by atoms with E-state index in [0.29, 0.717) is 18.5 Å². The Morgan fingerprint density at radius 1 is 1.00 bits per heavy atom. The molecule has 0 unspecified atom stereocenters. The van der Waals surface area contributed by atoms with Crippen LogP contribution in [-0.4, -0.2) is 81.4 Å². The zero-order valence-electron chi connectivity index (χ0n) is 29.5. The first-order valence-corrected chi connectivity index (χ1v) is 18.0. The highest BCUT2D eigenvalue weighted by Gasteiger charge is 2.62. The summed E-state index contributed by atoms with van der Waals surface area (Å²) in [5.74, 6) is -4.12. The average Bonchev–Trinajstić information content (AvgIpc) is 3.41. The van der Waals surface area contributed by atoms with Gasteiger partial charge in [0.15, 0.2) is 0 Å². The number of aliphatic carboxylic acids is 1. The number of carbonyl (C=O) groups is 5. The second-order valence-electron chi connectivity index (χ2n) is 15.6. The average molecular weight is 684 g/mol. The summed E-state index contributed by atoms with van der Waals surface area (Å²) in [7, 11) is 0. The van der Waals surface area contributed by atoms with E-state index in [1.807, 2.05) is 61.5 Å². The summed E-state index contributed by atoms with van der Waals surface area (Å²) in [5, 5.41) is 13.1. The Hall–Kier alpha value is -4.47. The molecule has 0 aromatic heterocycles. The van der Waals surface area contributed by atoms with E-state index in [2.05, 4.69) is 5.32 Å². The third-order valence-corrected chi connectivity index (χ3v) is 10.8. The largest absolute Gasteiger partial charge is 0.479 e. The fourth-order valence-electron chi connectivity index (χ4n) is 8.15. The molecule has 3 fully saturated rings. The van der Waals surface area contributed by atoms with Crippen molar-refractivity contribution in [2.45, 2.75) is 89.8 Å². The molecule has 6 atom stereocenters. The predicted molar refractivity (Wildman–Crippen MR) is 188 cm³/mol. The molecule has 1 saturated carbocycles. The summed E-state index contributed by atoms with van der Waals surface area (Å²) in [6, 6.07) is 14.6. The van der Waals surface area contributed by atoms with Crippen molar-refractivity contribution >= 4 is 29.7 Å². The number of allylic oxidation sites excluding steroid dienone is 1. The van der Waals surface area contributed by atoms with Gasteiger partial charge in [-0.2, -0.15) is 0 Å². The number of ether oxygens (including phenoxy) is 1. The molecule has 1 aliphatic carbocycles. The second kappa shape index (κ2) is 14.0. The van der Waals surface area contributed by atoms with Crippen LogP contribution >= 0.6 is 0 Å². The lowest BCUT2D eigenvalue weighted by Gasteiger charge is -2.32. The summed E-state index contributed by atoms with van der Waals surface area (Å²) < 4.78 is 5.60. The van der Waals surface area contributed by atoms with Crippen LogP contribution in [-0.2, 0) is 23.9 Å². The van der Waals surface area contributed by atoms with Gasteiger partial charge in [-0.3, -0.25) is 19.2 Å². The van der Waals surface area contributed by atoms with Crippen molar-refractivity contribution in [3.05, 3.63) is 71.8 Å². The molecule has 10 heteroatoms. The molecule has 0 radical (unpaired) electrons. The van der Waals surface area contributed by atoms with Crippen LogP contribution in [0.1, 0.15) is 81.6 Å². The lowest BCUT2D eigenvalue weighted by molar-refractivity contribution is -0.159. The first-order chi connectivity index (χ1) is 23.8. The monoisotopic (exact) mass is 683 g/mol. The van der Waals surface area contributed by atoms with Crippen LogP contribution in [0.25, 0.3) is 11.1 Å². The zero-order chi connectivity index (χ0) is 35.8. The molecule has 6 rings (SSSR count). The standard InChI is InChI=1S/C40H49N3O7/c1-25-13-10-11-18-31(25)26-15-12-16-27(19-26)36(46)42-22-29-23-43-34(32(29)24-42)35(45)41-40(38(48)49)21-30(40)17-9-7-5-6-8-14-28(37(43)47)20-33(44)50-39(2,3)4/h9-13,15-19,28-30,32,34H,5-8,14,20-24H2,1-4H3,(H,41,45)(H,48,49)/b17-9-/t28-,29-,30+,32-,34-,40+/m0/s1. The van der Waals surface area contributed by atoms with Gasteiger partial charge < -0.3 is 25.0 Å². The number of hydrogen-bond acceptors (Lipinski definition) is 6. The lowest BCUT2D eigenvalue weighted by atomic mass is 9.92.